The molecule has 0 aromatic heterocycles. The molecule has 0 spiro atoms. The standard InChI is InChI=1S/C11H25N3O/c1-3-5-8-14(9-11(13)15)10(4-2)6-7-12/h10H,3-9,12H2,1-2H3,(H2,13,15). The van der Waals surface area contributed by atoms with Crippen molar-refractivity contribution < 1.29 is 4.79 Å². The topological polar surface area (TPSA) is 72.3 Å². The number of amides is 1. The van der Waals surface area contributed by atoms with Crippen molar-refractivity contribution in [3.05, 3.63) is 0 Å². The van der Waals surface area contributed by atoms with Crippen LogP contribution >= 0.6 is 0 Å². The lowest BCUT2D eigenvalue weighted by molar-refractivity contribution is -0.119. The van der Waals surface area contributed by atoms with Crippen LogP contribution in [0, 0.1) is 0 Å². The molecule has 1 unspecified atom stereocenters. The van der Waals surface area contributed by atoms with Gasteiger partial charge in [-0.1, -0.05) is 20.3 Å². The fraction of sp³-hybridized carbons (Fsp3) is 0.909. The van der Waals surface area contributed by atoms with E-state index in [0.717, 1.165) is 32.2 Å². The van der Waals surface area contributed by atoms with E-state index in [9.17, 15) is 4.79 Å². The minimum Gasteiger partial charge on any atom is -0.369 e. The molecule has 0 rings (SSSR count). The molecule has 0 aliphatic rings. The summed E-state index contributed by atoms with van der Waals surface area (Å²) in [6.07, 6.45) is 4.20. The molecular formula is C11H25N3O. The van der Waals surface area contributed by atoms with E-state index < -0.39 is 0 Å². The lowest BCUT2D eigenvalue weighted by Gasteiger charge is -2.29. The molecule has 0 saturated heterocycles. The molecule has 0 aromatic carbocycles. The zero-order chi connectivity index (χ0) is 11.7. The lowest BCUT2D eigenvalue weighted by Crippen LogP contribution is -2.42. The third-order valence-corrected chi connectivity index (χ3v) is 2.65. The van der Waals surface area contributed by atoms with Gasteiger partial charge in [-0.15, -0.1) is 0 Å². The summed E-state index contributed by atoms with van der Waals surface area (Å²) >= 11 is 0. The number of nitrogens with two attached hydrogens (primary N) is 2. The van der Waals surface area contributed by atoms with E-state index in [1.807, 2.05) is 0 Å². The van der Waals surface area contributed by atoms with Crippen molar-refractivity contribution in [3.63, 3.8) is 0 Å². The van der Waals surface area contributed by atoms with Gasteiger partial charge in [0.2, 0.25) is 5.91 Å². The van der Waals surface area contributed by atoms with Gasteiger partial charge in [-0.2, -0.15) is 0 Å². The van der Waals surface area contributed by atoms with E-state index in [2.05, 4.69) is 18.7 Å². The van der Waals surface area contributed by atoms with Crippen molar-refractivity contribution in [2.75, 3.05) is 19.6 Å². The fourth-order valence-corrected chi connectivity index (χ4v) is 1.79. The normalized spacial score (nSPS) is 13.1. The largest absolute Gasteiger partial charge is 0.369 e. The lowest BCUT2D eigenvalue weighted by atomic mass is 10.1. The van der Waals surface area contributed by atoms with Crippen LogP contribution in [-0.2, 0) is 4.79 Å². The average Bonchev–Trinajstić information content (AvgIpc) is 2.20. The second kappa shape index (κ2) is 8.68. The third-order valence-electron chi connectivity index (χ3n) is 2.65. The van der Waals surface area contributed by atoms with Crippen molar-refractivity contribution in [2.24, 2.45) is 11.5 Å². The van der Waals surface area contributed by atoms with E-state index >= 15 is 0 Å². The Morgan fingerprint density at radius 3 is 2.47 bits per heavy atom. The first kappa shape index (κ1) is 14.4. The Labute approximate surface area is 93.0 Å². The van der Waals surface area contributed by atoms with Gasteiger partial charge in [-0.05, 0) is 32.4 Å². The molecule has 90 valence electrons. The Kier molecular flexibility index (Phi) is 8.33. The van der Waals surface area contributed by atoms with Crippen LogP contribution < -0.4 is 11.5 Å². The molecule has 0 aliphatic heterocycles. The average molecular weight is 215 g/mol. The van der Waals surface area contributed by atoms with E-state index in [0.29, 0.717) is 19.1 Å². The van der Waals surface area contributed by atoms with Gasteiger partial charge in [0.1, 0.15) is 0 Å². The van der Waals surface area contributed by atoms with Crippen molar-refractivity contribution >= 4 is 5.91 Å². The molecule has 4 N–H and O–H groups in total. The molecule has 0 fully saturated rings. The summed E-state index contributed by atoms with van der Waals surface area (Å²) in [6, 6.07) is 0.397. The van der Waals surface area contributed by atoms with Crippen LogP contribution in [0.3, 0.4) is 0 Å². The first-order valence-corrected chi connectivity index (χ1v) is 5.88. The fourth-order valence-electron chi connectivity index (χ4n) is 1.79. The first-order valence-electron chi connectivity index (χ1n) is 5.88. The van der Waals surface area contributed by atoms with Gasteiger partial charge in [-0.3, -0.25) is 9.69 Å². The third kappa shape index (κ3) is 6.47. The monoisotopic (exact) mass is 215 g/mol. The van der Waals surface area contributed by atoms with Crippen molar-refractivity contribution in [1.82, 2.24) is 4.90 Å². The van der Waals surface area contributed by atoms with Gasteiger partial charge in [0.25, 0.3) is 0 Å². The molecule has 0 radical (unpaired) electrons. The minimum absolute atomic E-state index is 0.249. The SMILES string of the molecule is CCCCN(CC(N)=O)C(CC)CCN. The highest BCUT2D eigenvalue weighted by Crippen LogP contribution is 2.09. The Morgan fingerprint density at radius 2 is 2.07 bits per heavy atom. The Morgan fingerprint density at radius 1 is 1.40 bits per heavy atom. The maximum Gasteiger partial charge on any atom is 0.231 e. The van der Waals surface area contributed by atoms with E-state index in [-0.39, 0.29) is 5.91 Å². The maximum absolute atomic E-state index is 10.9. The van der Waals surface area contributed by atoms with Gasteiger partial charge in [0.05, 0.1) is 6.54 Å². The van der Waals surface area contributed by atoms with Crippen molar-refractivity contribution in [1.29, 1.82) is 0 Å². The maximum atomic E-state index is 10.9. The summed E-state index contributed by atoms with van der Waals surface area (Å²) in [5.74, 6) is -0.249. The molecule has 4 heteroatoms. The Hall–Kier alpha value is -0.610. The molecule has 0 aromatic rings. The zero-order valence-corrected chi connectivity index (χ0v) is 10.0. The molecule has 0 heterocycles. The quantitative estimate of drug-likeness (QED) is 0.594. The molecular weight excluding hydrogens is 190 g/mol. The molecule has 0 bridgehead atoms. The second-order valence-corrected chi connectivity index (χ2v) is 3.93. The summed E-state index contributed by atoms with van der Waals surface area (Å²) in [7, 11) is 0. The Balaban J connectivity index is 4.21. The van der Waals surface area contributed by atoms with Crippen LogP contribution in [0.15, 0.2) is 0 Å². The zero-order valence-electron chi connectivity index (χ0n) is 10.0. The second-order valence-electron chi connectivity index (χ2n) is 3.93. The number of hydrogen-bond acceptors (Lipinski definition) is 3. The van der Waals surface area contributed by atoms with Crippen molar-refractivity contribution in [3.8, 4) is 0 Å². The Bertz CT molecular complexity index is 173. The van der Waals surface area contributed by atoms with E-state index in [1.165, 1.54) is 0 Å². The molecule has 0 aliphatic carbocycles. The van der Waals surface area contributed by atoms with Gasteiger partial charge in [0.15, 0.2) is 0 Å². The van der Waals surface area contributed by atoms with Crippen LogP contribution in [0.4, 0.5) is 0 Å². The summed E-state index contributed by atoms with van der Waals surface area (Å²) in [6.45, 7) is 6.24. The van der Waals surface area contributed by atoms with Crippen LogP contribution in [0.5, 0.6) is 0 Å². The summed E-state index contributed by atoms with van der Waals surface area (Å²) in [5, 5.41) is 0. The number of nitrogens with zero attached hydrogens (tertiary/aromatic N) is 1. The van der Waals surface area contributed by atoms with Gasteiger partial charge < -0.3 is 11.5 Å². The van der Waals surface area contributed by atoms with Crippen LogP contribution in [0.2, 0.25) is 0 Å². The summed E-state index contributed by atoms with van der Waals surface area (Å²) < 4.78 is 0. The van der Waals surface area contributed by atoms with Crippen LogP contribution in [0.25, 0.3) is 0 Å². The highest BCUT2D eigenvalue weighted by atomic mass is 16.1. The molecule has 4 nitrogen and oxygen atoms in total. The number of primary amides is 1. The predicted molar refractivity (Wildman–Crippen MR) is 63.4 cm³/mol. The smallest absolute Gasteiger partial charge is 0.231 e. The molecule has 1 amide bonds. The van der Waals surface area contributed by atoms with Gasteiger partial charge in [-0.25, -0.2) is 0 Å². The first-order chi connectivity index (χ1) is 7.15. The molecule has 0 saturated carbocycles. The van der Waals surface area contributed by atoms with Crippen molar-refractivity contribution in [2.45, 2.75) is 45.6 Å². The predicted octanol–water partition coefficient (Wildman–Crippen LogP) is 0.701. The number of rotatable bonds is 9. The van der Waals surface area contributed by atoms with E-state index in [1.54, 1.807) is 0 Å². The highest BCUT2D eigenvalue weighted by molar-refractivity contribution is 5.75. The highest BCUT2D eigenvalue weighted by Gasteiger charge is 2.17. The molecule has 1 atom stereocenters. The number of unbranched alkanes of at least 4 members (excludes halogenated alkanes) is 1. The van der Waals surface area contributed by atoms with Gasteiger partial charge in [0, 0.05) is 6.04 Å². The number of carbonyl (C=O) groups is 1. The molecule has 15 heavy (non-hydrogen) atoms. The summed E-state index contributed by atoms with van der Waals surface area (Å²) in [4.78, 5) is 13.1. The minimum atomic E-state index is -0.249. The van der Waals surface area contributed by atoms with Crippen LogP contribution in [0.1, 0.15) is 39.5 Å². The van der Waals surface area contributed by atoms with E-state index in [4.69, 9.17) is 11.5 Å². The van der Waals surface area contributed by atoms with Crippen LogP contribution in [-0.4, -0.2) is 36.5 Å². The summed E-state index contributed by atoms with van der Waals surface area (Å²) in [5.41, 5.74) is 10.8. The number of carbonyl (C=O) groups excluding carboxylic acids is 1. The van der Waals surface area contributed by atoms with Gasteiger partial charge >= 0.3 is 0 Å². The number of hydrogen-bond donors (Lipinski definition) is 2.